The van der Waals surface area contributed by atoms with Crippen molar-refractivity contribution in [2.24, 2.45) is 11.8 Å². The van der Waals surface area contributed by atoms with Crippen LogP contribution >= 0.6 is 11.3 Å². The molecule has 1 aromatic rings. The Morgan fingerprint density at radius 1 is 1.35 bits per heavy atom. The van der Waals surface area contributed by atoms with Gasteiger partial charge in [0.2, 0.25) is 0 Å². The zero-order valence-corrected chi connectivity index (χ0v) is 13.7. The Hall–Kier alpha value is -0.450. The maximum atomic E-state index is 4.58. The van der Waals surface area contributed by atoms with Crippen LogP contribution < -0.4 is 5.32 Å². The average Bonchev–Trinajstić information content (AvgIpc) is 2.81. The lowest BCUT2D eigenvalue weighted by Gasteiger charge is -2.49. The monoisotopic (exact) mass is 293 g/mol. The lowest BCUT2D eigenvalue weighted by atomic mass is 9.73. The summed E-state index contributed by atoms with van der Waals surface area (Å²) < 4.78 is 0. The van der Waals surface area contributed by atoms with Crippen LogP contribution in [0.4, 0.5) is 0 Å². The van der Waals surface area contributed by atoms with Crippen molar-refractivity contribution in [3.8, 4) is 0 Å². The van der Waals surface area contributed by atoms with E-state index >= 15 is 0 Å². The Kier molecular flexibility index (Phi) is 4.43. The lowest BCUT2D eigenvalue weighted by Crippen LogP contribution is -2.58. The zero-order chi connectivity index (χ0) is 14.1. The van der Waals surface area contributed by atoms with E-state index in [0.29, 0.717) is 12.1 Å². The number of rotatable bonds is 4. The molecule has 0 spiro atoms. The fraction of sp³-hybridized carbons (Fsp3) is 0.812. The molecule has 1 saturated carbocycles. The molecule has 2 atom stereocenters. The first-order valence-electron chi connectivity index (χ1n) is 8.02. The van der Waals surface area contributed by atoms with Crippen LogP contribution in [0, 0.1) is 18.8 Å². The van der Waals surface area contributed by atoms with E-state index in [-0.39, 0.29) is 0 Å². The smallest absolute Gasteiger partial charge is 0.0897 e. The molecule has 112 valence electrons. The summed E-state index contributed by atoms with van der Waals surface area (Å²) in [6.07, 6.45) is 4.22. The summed E-state index contributed by atoms with van der Waals surface area (Å²) in [4.78, 5) is 7.26. The second kappa shape index (κ2) is 6.12. The number of fused-ring (bicyclic) bond motifs is 2. The van der Waals surface area contributed by atoms with Crippen molar-refractivity contribution in [2.45, 2.75) is 58.7 Å². The molecule has 3 rings (SSSR count). The molecule has 1 aromatic heterocycles. The molecule has 4 heteroatoms. The molecule has 0 amide bonds. The fourth-order valence-corrected chi connectivity index (χ4v) is 4.55. The van der Waals surface area contributed by atoms with Crippen molar-refractivity contribution >= 4 is 11.3 Å². The summed E-state index contributed by atoms with van der Waals surface area (Å²) >= 11 is 1.76. The quantitative estimate of drug-likeness (QED) is 0.925. The van der Waals surface area contributed by atoms with Gasteiger partial charge >= 0.3 is 0 Å². The summed E-state index contributed by atoms with van der Waals surface area (Å²) in [5.41, 5.74) is 1.22. The number of hydrogen-bond acceptors (Lipinski definition) is 4. The Morgan fingerprint density at radius 2 is 2.05 bits per heavy atom. The van der Waals surface area contributed by atoms with Gasteiger partial charge in [0, 0.05) is 37.1 Å². The normalized spacial score (nSPS) is 30.9. The summed E-state index contributed by atoms with van der Waals surface area (Å²) in [7, 11) is 0. The largest absolute Gasteiger partial charge is 0.308 e. The molecule has 0 radical (unpaired) electrons. The first kappa shape index (κ1) is 14.5. The van der Waals surface area contributed by atoms with Crippen LogP contribution in [0.1, 0.15) is 43.8 Å². The fourth-order valence-electron chi connectivity index (χ4n) is 3.94. The Balaban J connectivity index is 1.61. The molecule has 2 aliphatic rings. The molecule has 0 aromatic carbocycles. The molecule has 1 saturated heterocycles. The van der Waals surface area contributed by atoms with Gasteiger partial charge in [0.05, 0.1) is 10.7 Å². The van der Waals surface area contributed by atoms with E-state index in [2.05, 4.69) is 41.4 Å². The first-order chi connectivity index (χ1) is 9.63. The van der Waals surface area contributed by atoms with Crippen molar-refractivity contribution in [3.05, 3.63) is 16.1 Å². The van der Waals surface area contributed by atoms with Crippen molar-refractivity contribution in [3.63, 3.8) is 0 Å². The third-order valence-electron chi connectivity index (χ3n) is 5.02. The second-order valence-electron chi connectivity index (χ2n) is 6.76. The molecule has 2 bridgehead atoms. The van der Waals surface area contributed by atoms with Gasteiger partial charge < -0.3 is 10.2 Å². The molecule has 1 aliphatic heterocycles. The highest BCUT2D eigenvalue weighted by atomic mass is 32.1. The van der Waals surface area contributed by atoms with Gasteiger partial charge in [0.15, 0.2) is 0 Å². The summed E-state index contributed by atoms with van der Waals surface area (Å²) in [6.45, 7) is 10.3. The minimum absolute atomic E-state index is 0.695. The summed E-state index contributed by atoms with van der Waals surface area (Å²) in [6, 6.07) is 1.40. The molecule has 2 unspecified atom stereocenters. The van der Waals surface area contributed by atoms with Gasteiger partial charge in [-0.3, -0.25) is 0 Å². The highest BCUT2D eigenvalue weighted by molar-refractivity contribution is 7.09. The number of nitrogens with one attached hydrogen (secondary N) is 1. The van der Waals surface area contributed by atoms with Gasteiger partial charge in [-0.2, -0.15) is 0 Å². The van der Waals surface area contributed by atoms with E-state index in [1.54, 1.807) is 11.3 Å². The highest BCUT2D eigenvalue weighted by Gasteiger charge is 2.39. The minimum atomic E-state index is 0.695. The van der Waals surface area contributed by atoms with Crippen LogP contribution in [-0.2, 0) is 6.54 Å². The Bertz CT molecular complexity index is 429. The van der Waals surface area contributed by atoms with E-state index in [1.165, 1.54) is 43.1 Å². The zero-order valence-electron chi connectivity index (χ0n) is 12.9. The molecule has 1 aliphatic carbocycles. The van der Waals surface area contributed by atoms with Gasteiger partial charge in [-0.1, -0.05) is 6.42 Å². The summed E-state index contributed by atoms with van der Waals surface area (Å²) in [5, 5.41) is 7.20. The van der Waals surface area contributed by atoms with E-state index in [1.807, 2.05) is 0 Å². The van der Waals surface area contributed by atoms with Crippen LogP contribution in [-0.4, -0.2) is 35.1 Å². The maximum absolute atomic E-state index is 4.58. The number of nitrogens with zero attached hydrogens (tertiary/aromatic N) is 2. The predicted molar refractivity (Wildman–Crippen MR) is 85.0 cm³/mol. The highest BCUT2D eigenvalue weighted by Crippen LogP contribution is 2.35. The minimum Gasteiger partial charge on any atom is -0.308 e. The van der Waals surface area contributed by atoms with Gasteiger partial charge in [0.1, 0.15) is 0 Å². The van der Waals surface area contributed by atoms with Gasteiger partial charge in [-0.05, 0) is 45.4 Å². The number of likely N-dealkylation sites (tertiary alicyclic amines) is 1. The lowest BCUT2D eigenvalue weighted by molar-refractivity contribution is 0.0289. The van der Waals surface area contributed by atoms with Crippen molar-refractivity contribution in [2.75, 3.05) is 13.1 Å². The van der Waals surface area contributed by atoms with Gasteiger partial charge in [-0.25, -0.2) is 4.98 Å². The third kappa shape index (κ3) is 3.07. The third-order valence-corrected chi connectivity index (χ3v) is 5.84. The first-order valence-corrected chi connectivity index (χ1v) is 8.90. The Labute approximate surface area is 126 Å². The van der Waals surface area contributed by atoms with Crippen LogP contribution in [0.3, 0.4) is 0 Å². The second-order valence-corrected chi connectivity index (χ2v) is 7.83. The van der Waals surface area contributed by atoms with Crippen LogP contribution in [0.5, 0.6) is 0 Å². The van der Waals surface area contributed by atoms with Gasteiger partial charge in [-0.15, -0.1) is 11.3 Å². The average molecular weight is 293 g/mol. The van der Waals surface area contributed by atoms with Crippen molar-refractivity contribution in [1.29, 1.82) is 0 Å². The van der Waals surface area contributed by atoms with Crippen LogP contribution in [0.25, 0.3) is 0 Å². The van der Waals surface area contributed by atoms with E-state index in [4.69, 9.17) is 0 Å². The number of aromatic nitrogens is 1. The SMILES string of the molecule is Cc1nc(CNC2C3CCCC2CN(C(C)C)C3)cs1. The molecule has 1 N–H and O–H groups in total. The standard InChI is InChI=1S/C16H27N3S/c1-11(2)19-8-13-5-4-6-14(9-19)16(13)17-7-15-10-20-12(3)18-15/h10-11,13-14,16-17H,4-9H2,1-3H3. The van der Waals surface area contributed by atoms with Crippen molar-refractivity contribution in [1.82, 2.24) is 15.2 Å². The van der Waals surface area contributed by atoms with Crippen LogP contribution in [0.15, 0.2) is 5.38 Å². The number of hydrogen-bond donors (Lipinski definition) is 1. The maximum Gasteiger partial charge on any atom is 0.0897 e. The molecule has 20 heavy (non-hydrogen) atoms. The molecule has 3 nitrogen and oxygen atoms in total. The topological polar surface area (TPSA) is 28.2 Å². The number of thiazole rings is 1. The van der Waals surface area contributed by atoms with E-state index < -0.39 is 0 Å². The molecular weight excluding hydrogens is 266 g/mol. The molecular formula is C16H27N3S. The summed E-state index contributed by atoms with van der Waals surface area (Å²) in [5.74, 6) is 1.68. The number of aryl methyl sites for hydroxylation is 1. The number of piperidine rings is 1. The molecule has 2 fully saturated rings. The van der Waals surface area contributed by atoms with Crippen molar-refractivity contribution < 1.29 is 0 Å². The Morgan fingerprint density at radius 3 is 2.60 bits per heavy atom. The van der Waals surface area contributed by atoms with Crippen LogP contribution in [0.2, 0.25) is 0 Å². The van der Waals surface area contributed by atoms with Gasteiger partial charge in [0.25, 0.3) is 0 Å². The van der Waals surface area contributed by atoms with E-state index in [9.17, 15) is 0 Å². The molecule has 2 heterocycles. The van der Waals surface area contributed by atoms with E-state index in [0.717, 1.165) is 18.4 Å². The predicted octanol–water partition coefficient (Wildman–Crippen LogP) is 3.05.